The molecule has 1 aliphatic heterocycles. The average molecular weight is 231 g/mol. The molecule has 17 heavy (non-hydrogen) atoms. The Morgan fingerprint density at radius 2 is 2.29 bits per heavy atom. The highest BCUT2D eigenvalue weighted by Crippen LogP contribution is 2.43. The van der Waals surface area contributed by atoms with Crippen molar-refractivity contribution in [1.29, 1.82) is 0 Å². The maximum atomic E-state index is 6.66. The summed E-state index contributed by atoms with van der Waals surface area (Å²) in [7, 11) is 0. The van der Waals surface area contributed by atoms with E-state index in [9.17, 15) is 0 Å². The fourth-order valence-corrected chi connectivity index (χ4v) is 3.44. The summed E-state index contributed by atoms with van der Waals surface area (Å²) in [6.45, 7) is 3.13. The molecule has 1 fully saturated rings. The van der Waals surface area contributed by atoms with E-state index >= 15 is 0 Å². The standard InChI is InChI=1S/C15H21NO/c1-11-4-3-8-15(16,10-11)13-6-2-5-12-7-9-17-14(12)13/h2,5-6,11H,3-4,7-10,16H2,1H3. The second-order valence-electron chi connectivity index (χ2n) is 5.75. The van der Waals surface area contributed by atoms with Gasteiger partial charge in [-0.2, -0.15) is 0 Å². The number of nitrogens with two attached hydrogens (primary N) is 1. The first kappa shape index (κ1) is 11.1. The molecule has 2 nitrogen and oxygen atoms in total. The molecule has 0 saturated heterocycles. The Bertz CT molecular complexity index is 429. The molecule has 2 aliphatic rings. The highest BCUT2D eigenvalue weighted by atomic mass is 16.5. The van der Waals surface area contributed by atoms with E-state index in [4.69, 9.17) is 10.5 Å². The number of para-hydroxylation sites is 1. The number of ether oxygens (including phenoxy) is 1. The zero-order valence-corrected chi connectivity index (χ0v) is 10.5. The highest BCUT2D eigenvalue weighted by Gasteiger charge is 2.36. The predicted octanol–water partition coefficient (Wildman–Crippen LogP) is 2.99. The van der Waals surface area contributed by atoms with E-state index in [1.807, 2.05) is 0 Å². The SMILES string of the molecule is CC1CCCC(N)(c2cccc3c2OCC3)C1. The van der Waals surface area contributed by atoms with Crippen LogP contribution in [0.2, 0.25) is 0 Å². The van der Waals surface area contributed by atoms with Crippen LogP contribution in [0.5, 0.6) is 5.75 Å². The number of benzene rings is 1. The molecular weight excluding hydrogens is 210 g/mol. The average Bonchev–Trinajstić information content (AvgIpc) is 2.76. The molecule has 1 aromatic rings. The van der Waals surface area contributed by atoms with E-state index in [2.05, 4.69) is 25.1 Å². The Balaban J connectivity index is 2.00. The van der Waals surface area contributed by atoms with Crippen molar-refractivity contribution in [3.05, 3.63) is 29.3 Å². The van der Waals surface area contributed by atoms with Gasteiger partial charge in [-0.05, 0) is 24.3 Å². The molecule has 1 aromatic carbocycles. The van der Waals surface area contributed by atoms with E-state index in [0.717, 1.165) is 37.5 Å². The van der Waals surface area contributed by atoms with Crippen LogP contribution >= 0.6 is 0 Å². The molecule has 1 heterocycles. The summed E-state index contributed by atoms with van der Waals surface area (Å²) in [5.74, 6) is 1.81. The van der Waals surface area contributed by atoms with Crippen molar-refractivity contribution in [2.45, 2.75) is 44.6 Å². The van der Waals surface area contributed by atoms with Gasteiger partial charge in [0.15, 0.2) is 0 Å². The number of fused-ring (bicyclic) bond motifs is 1. The van der Waals surface area contributed by atoms with Crippen molar-refractivity contribution < 1.29 is 4.74 Å². The van der Waals surface area contributed by atoms with Crippen molar-refractivity contribution in [1.82, 2.24) is 0 Å². The van der Waals surface area contributed by atoms with Crippen molar-refractivity contribution >= 4 is 0 Å². The second kappa shape index (κ2) is 4.02. The minimum atomic E-state index is -0.159. The Hall–Kier alpha value is -1.02. The molecule has 0 spiro atoms. The molecule has 2 unspecified atom stereocenters. The zero-order chi connectivity index (χ0) is 11.9. The fraction of sp³-hybridized carbons (Fsp3) is 0.600. The monoisotopic (exact) mass is 231 g/mol. The molecule has 0 radical (unpaired) electrons. The van der Waals surface area contributed by atoms with Crippen LogP contribution in [0.4, 0.5) is 0 Å². The molecular formula is C15H21NO. The Morgan fingerprint density at radius 1 is 1.41 bits per heavy atom. The first-order valence-corrected chi connectivity index (χ1v) is 6.73. The summed E-state index contributed by atoms with van der Waals surface area (Å²) in [4.78, 5) is 0. The first-order valence-electron chi connectivity index (χ1n) is 6.73. The van der Waals surface area contributed by atoms with Crippen LogP contribution in [0.15, 0.2) is 18.2 Å². The molecule has 92 valence electrons. The lowest BCUT2D eigenvalue weighted by Gasteiger charge is -2.38. The van der Waals surface area contributed by atoms with Crippen LogP contribution in [0.3, 0.4) is 0 Å². The van der Waals surface area contributed by atoms with Gasteiger partial charge in [0.05, 0.1) is 6.61 Å². The lowest BCUT2D eigenvalue weighted by molar-refractivity contribution is 0.231. The highest BCUT2D eigenvalue weighted by molar-refractivity contribution is 5.47. The number of hydrogen-bond donors (Lipinski definition) is 1. The van der Waals surface area contributed by atoms with Gasteiger partial charge in [0.1, 0.15) is 5.75 Å². The van der Waals surface area contributed by atoms with Gasteiger partial charge >= 0.3 is 0 Å². The van der Waals surface area contributed by atoms with Gasteiger partial charge in [0.2, 0.25) is 0 Å². The Labute approximate surface area is 103 Å². The van der Waals surface area contributed by atoms with Crippen molar-refractivity contribution in [3.63, 3.8) is 0 Å². The van der Waals surface area contributed by atoms with Gasteiger partial charge in [-0.1, -0.05) is 38.0 Å². The van der Waals surface area contributed by atoms with Gasteiger partial charge in [-0.3, -0.25) is 0 Å². The minimum Gasteiger partial charge on any atom is -0.493 e. The van der Waals surface area contributed by atoms with Gasteiger partial charge in [0, 0.05) is 17.5 Å². The van der Waals surface area contributed by atoms with Crippen LogP contribution in [-0.4, -0.2) is 6.61 Å². The van der Waals surface area contributed by atoms with Gasteiger partial charge in [-0.25, -0.2) is 0 Å². The smallest absolute Gasteiger partial charge is 0.127 e. The van der Waals surface area contributed by atoms with Crippen LogP contribution in [0, 0.1) is 5.92 Å². The second-order valence-corrected chi connectivity index (χ2v) is 5.75. The Morgan fingerprint density at radius 3 is 3.12 bits per heavy atom. The van der Waals surface area contributed by atoms with E-state index < -0.39 is 0 Å². The van der Waals surface area contributed by atoms with Crippen molar-refractivity contribution in [2.24, 2.45) is 11.7 Å². The third kappa shape index (κ3) is 1.85. The summed E-state index contributed by atoms with van der Waals surface area (Å²) in [6, 6.07) is 6.47. The molecule has 2 heteroatoms. The number of rotatable bonds is 1. The third-order valence-corrected chi connectivity index (χ3v) is 4.28. The molecule has 0 amide bonds. The molecule has 2 N–H and O–H groups in total. The quantitative estimate of drug-likeness (QED) is 0.806. The minimum absolute atomic E-state index is 0.159. The predicted molar refractivity (Wildman–Crippen MR) is 69.1 cm³/mol. The van der Waals surface area contributed by atoms with Gasteiger partial charge in [-0.15, -0.1) is 0 Å². The molecule has 3 rings (SSSR count). The zero-order valence-electron chi connectivity index (χ0n) is 10.5. The summed E-state index contributed by atoms with van der Waals surface area (Å²) in [6.07, 6.45) is 5.77. The summed E-state index contributed by atoms with van der Waals surface area (Å²) in [5, 5.41) is 0. The van der Waals surface area contributed by atoms with Crippen molar-refractivity contribution in [3.8, 4) is 5.75 Å². The summed E-state index contributed by atoms with van der Waals surface area (Å²) < 4.78 is 5.80. The summed E-state index contributed by atoms with van der Waals surface area (Å²) >= 11 is 0. The van der Waals surface area contributed by atoms with Gasteiger partial charge in [0.25, 0.3) is 0 Å². The van der Waals surface area contributed by atoms with Crippen LogP contribution in [0.25, 0.3) is 0 Å². The molecule has 0 aromatic heterocycles. The van der Waals surface area contributed by atoms with E-state index in [1.54, 1.807) is 0 Å². The van der Waals surface area contributed by atoms with Crippen molar-refractivity contribution in [2.75, 3.05) is 6.61 Å². The fourth-order valence-electron chi connectivity index (χ4n) is 3.44. The Kier molecular flexibility index (Phi) is 2.62. The largest absolute Gasteiger partial charge is 0.493 e. The summed E-state index contributed by atoms with van der Waals surface area (Å²) in [5.41, 5.74) is 9.09. The van der Waals surface area contributed by atoms with Crippen LogP contribution in [0.1, 0.15) is 43.7 Å². The molecule has 0 bridgehead atoms. The molecule has 1 aliphatic carbocycles. The molecule has 1 saturated carbocycles. The van der Waals surface area contributed by atoms with E-state index in [1.165, 1.54) is 24.0 Å². The first-order chi connectivity index (χ1) is 8.19. The lowest BCUT2D eigenvalue weighted by Crippen LogP contribution is -2.41. The topological polar surface area (TPSA) is 35.2 Å². The lowest BCUT2D eigenvalue weighted by atomic mass is 9.72. The van der Waals surface area contributed by atoms with Gasteiger partial charge < -0.3 is 10.5 Å². The maximum Gasteiger partial charge on any atom is 0.127 e. The van der Waals surface area contributed by atoms with E-state index in [-0.39, 0.29) is 5.54 Å². The van der Waals surface area contributed by atoms with E-state index in [0.29, 0.717) is 0 Å². The molecule has 2 atom stereocenters. The normalized spacial score (nSPS) is 32.0. The van der Waals surface area contributed by atoms with Crippen LogP contribution < -0.4 is 10.5 Å². The third-order valence-electron chi connectivity index (χ3n) is 4.28. The number of hydrogen-bond acceptors (Lipinski definition) is 2. The maximum absolute atomic E-state index is 6.66. The van der Waals surface area contributed by atoms with Crippen LogP contribution in [-0.2, 0) is 12.0 Å².